The van der Waals surface area contributed by atoms with Gasteiger partial charge in [0.15, 0.2) is 5.82 Å². The van der Waals surface area contributed by atoms with Crippen LogP contribution in [0.5, 0.6) is 0 Å². The van der Waals surface area contributed by atoms with Crippen molar-refractivity contribution in [1.82, 2.24) is 9.55 Å². The monoisotopic (exact) mass is 279 g/mol. The van der Waals surface area contributed by atoms with E-state index >= 15 is 0 Å². The first-order chi connectivity index (χ1) is 9.41. The van der Waals surface area contributed by atoms with Crippen molar-refractivity contribution in [2.24, 2.45) is 11.8 Å². The highest BCUT2D eigenvalue weighted by molar-refractivity contribution is 5.78. The minimum absolute atomic E-state index is 0.0208. The summed E-state index contributed by atoms with van der Waals surface area (Å²) in [6, 6.07) is -0.662. The molecule has 1 fully saturated rings. The van der Waals surface area contributed by atoms with Crippen LogP contribution in [0.2, 0.25) is 0 Å². The van der Waals surface area contributed by atoms with Crippen LogP contribution in [0.3, 0.4) is 0 Å². The highest BCUT2D eigenvalue weighted by atomic mass is 16.4. The van der Waals surface area contributed by atoms with Crippen LogP contribution in [0.4, 0.5) is 5.82 Å². The summed E-state index contributed by atoms with van der Waals surface area (Å²) in [5.74, 6) is -0.275. The van der Waals surface area contributed by atoms with Gasteiger partial charge in [0, 0.05) is 25.5 Å². The van der Waals surface area contributed by atoms with Crippen LogP contribution in [-0.2, 0) is 11.3 Å². The summed E-state index contributed by atoms with van der Waals surface area (Å²) >= 11 is 0. The molecule has 2 heterocycles. The maximum atomic E-state index is 12.4. The molecule has 2 rings (SSSR count). The molecule has 0 saturated carbocycles. The molecule has 2 unspecified atom stereocenters. The van der Waals surface area contributed by atoms with Gasteiger partial charge in [-0.2, -0.15) is 0 Å². The molecule has 6 nitrogen and oxygen atoms in total. The molecule has 0 radical (unpaired) electrons. The molecule has 1 aliphatic heterocycles. The van der Waals surface area contributed by atoms with E-state index in [1.165, 1.54) is 0 Å². The fourth-order valence-corrected chi connectivity index (χ4v) is 2.73. The van der Waals surface area contributed by atoms with E-state index in [2.05, 4.69) is 4.98 Å². The number of aliphatic carboxylic acids is 1. The molecule has 2 atom stereocenters. The summed E-state index contributed by atoms with van der Waals surface area (Å²) in [5, 5.41) is 9.34. The zero-order chi connectivity index (χ0) is 14.9. The summed E-state index contributed by atoms with van der Waals surface area (Å²) in [6.07, 6.45) is 3.99. The summed E-state index contributed by atoms with van der Waals surface area (Å²) in [7, 11) is 0. The van der Waals surface area contributed by atoms with Gasteiger partial charge in [-0.1, -0.05) is 20.8 Å². The Kier molecular flexibility index (Phi) is 4.11. The first kappa shape index (κ1) is 14.6. The van der Waals surface area contributed by atoms with Crippen LogP contribution in [0, 0.1) is 11.8 Å². The molecule has 1 aliphatic rings. The minimum Gasteiger partial charge on any atom is -0.480 e. The van der Waals surface area contributed by atoms with E-state index in [0.717, 1.165) is 6.42 Å². The Hall–Kier alpha value is -1.85. The van der Waals surface area contributed by atoms with Crippen molar-refractivity contribution in [1.29, 1.82) is 0 Å². The number of hydrogen-bond acceptors (Lipinski definition) is 4. The minimum atomic E-state index is -0.893. The number of rotatable bonds is 4. The second-order valence-corrected chi connectivity index (χ2v) is 5.84. The Morgan fingerprint density at radius 2 is 2.25 bits per heavy atom. The third-order valence-electron chi connectivity index (χ3n) is 3.68. The molecule has 6 heteroatoms. The van der Waals surface area contributed by atoms with E-state index in [1.807, 2.05) is 20.8 Å². The van der Waals surface area contributed by atoms with E-state index in [-0.39, 0.29) is 17.3 Å². The van der Waals surface area contributed by atoms with Gasteiger partial charge >= 0.3 is 5.97 Å². The van der Waals surface area contributed by atoms with E-state index in [4.69, 9.17) is 0 Å². The molecule has 1 N–H and O–H groups in total. The molecular weight excluding hydrogens is 258 g/mol. The van der Waals surface area contributed by atoms with Crippen molar-refractivity contribution >= 4 is 11.8 Å². The molecule has 0 amide bonds. The quantitative estimate of drug-likeness (QED) is 0.896. The molecule has 1 aromatic rings. The second kappa shape index (κ2) is 5.64. The van der Waals surface area contributed by atoms with Crippen molar-refractivity contribution in [3.05, 3.63) is 22.7 Å². The third kappa shape index (κ3) is 2.69. The predicted octanol–water partition coefficient (Wildman–Crippen LogP) is 1.20. The van der Waals surface area contributed by atoms with Crippen LogP contribution in [0.15, 0.2) is 17.2 Å². The van der Waals surface area contributed by atoms with Gasteiger partial charge in [-0.15, -0.1) is 0 Å². The molecule has 0 aromatic carbocycles. The van der Waals surface area contributed by atoms with Crippen LogP contribution < -0.4 is 10.5 Å². The maximum Gasteiger partial charge on any atom is 0.326 e. The lowest BCUT2D eigenvalue weighted by atomic mass is 10.0. The van der Waals surface area contributed by atoms with Crippen LogP contribution in [0.1, 0.15) is 27.2 Å². The van der Waals surface area contributed by atoms with E-state index in [9.17, 15) is 14.7 Å². The fourth-order valence-electron chi connectivity index (χ4n) is 2.73. The summed E-state index contributed by atoms with van der Waals surface area (Å²) in [6.45, 7) is 7.13. The Labute approximate surface area is 118 Å². The molecular formula is C14H21N3O3. The van der Waals surface area contributed by atoms with Crippen LogP contribution in [0.25, 0.3) is 0 Å². The fraction of sp³-hybridized carbons (Fsp3) is 0.643. The van der Waals surface area contributed by atoms with E-state index in [0.29, 0.717) is 19.0 Å². The average molecular weight is 279 g/mol. The number of nitrogens with zero attached hydrogens (tertiary/aromatic N) is 3. The lowest BCUT2D eigenvalue weighted by Crippen LogP contribution is -2.43. The number of carboxylic acid groups (broad SMARTS) is 1. The molecule has 1 saturated heterocycles. The van der Waals surface area contributed by atoms with Gasteiger partial charge in [0.05, 0.1) is 0 Å². The van der Waals surface area contributed by atoms with Gasteiger partial charge in [0.2, 0.25) is 0 Å². The second-order valence-electron chi connectivity index (χ2n) is 5.84. The zero-order valence-corrected chi connectivity index (χ0v) is 12.1. The van der Waals surface area contributed by atoms with Gasteiger partial charge in [0.25, 0.3) is 5.56 Å². The first-order valence-electron chi connectivity index (χ1n) is 6.96. The van der Waals surface area contributed by atoms with Crippen LogP contribution >= 0.6 is 0 Å². The number of carboxylic acids is 1. The molecule has 0 spiro atoms. The Morgan fingerprint density at radius 3 is 2.85 bits per heavy atom. The molecule has 20 heavy (non-hydrogen) atoms. The van der Waals surface area contributed by atoms with Gasteiger partial charge in [-0.05, 0) is 18.3 Å². The van der Waals surface area contributed by atoms with Gasteiger partial charge in [-0.3, -0.25) is 4.79 Å². The number of carbonyl (C=O) groups is 1. The van der Waals surface area contributed by atoms with Crippen molar-refractivity contribution < 1.29 is 9.90 Å². The number of hydrogen-bond donors (Lipinski definition) is 1. The topological polar surface area (TPSA) is 75.4 Å². The van der Waals surface area contributed by atoms with Crippen molar-refractivity contribution in [2.45, 2.75) is 39.8 Å². The normalized spacial score (nSPS) is 22.5. The standard InChI is InChI=1S/C14H21N3O3/c1-9(2)8-16-7-5-15-12(13(16)18)17-6-4-10(3)11(17)14(19)20/h5,7,9-11H,4,6,8H2,1-3H3,(H,19,20). The van der Waals surface area contributed by atoms with E-state index < -0.39 is 12.0 Å². The molecule has 110 valence electrons. The third-order valence-corrected chi connectivity index (χ3v) is 3.68. The van der Waals surface area contributed by atoms with Crippen molar-refractivity contribution in [3.8, 4) is 0 Å². The largest absolute Gasteiger partial charge is 0.480 e. The van der Waals surface area contributed by atoms with Gasteiger partial charge in [0.1, 0.15) is 6.04 Å². The Morgan fingerprint density at radius 1 is 1.55 bits per heavy atom. The van der Waals surface area contributed by atoms with Gasteiger partial charge < -0.3 is 14.6 Å². The van der Waals surface area contributed by atoms with Crippen LogP contribution in [-0.4, -0.2) is 33.2 Å². The lowest BCUT2D eigenvalue weighted by Gasteiger charge is -2.24. The SMILES string of the molecule is CC(C)Cn1ccnc(N2CCC(C)C2C(=O)O)c1=O. The smallest absolute Gasteiger partial charge is 0.326 e. The van der Waals surface area contributed by atoms with Crippen molar-refractivity contribution in [3.63, 3.8) is 0 Å². The van der Waals surface area contributed by atoms with Crippen molar-refractivity contribution in [2.75, 3.05) is 11.4 Å². The Balaban J connectivity index is 2.38. The first-order valence-corrected chi connectivity index (χ1v) is 6.96. The highest BCUT2D eigenvalue weighted by Crippen LogP contribution is 2.26. The maximum absolute atomic E-state index is 12.4. The summed E-state index contributed by atoms with van der Waals surface area (Å²) < 4.78 is 1.61. The van der Waals surface area contributed by atoms with E-state index in [1.54, 1.807) is 21.9 Å². The number of aromatic nitrogens is 2. The average Bonchev–Trinajstić information content (AvgIpc) is 2.73. The summed E-state index contributed by atoms with van der Waals surface area (Å²) in [5.41, 5.74) is -0.207. The highest BCUT2D eigenvalue weighted by Gasteiger charge is 2.38. The summed E-state index contributed by atoms with van der Waals surface area (Å²) in [4.78, 5) is 29.6. The number of anilines is 1. The zero-order valence-electron chi connectivity index (χ0n) is 12.1. The predicted molar refractivity (Wildman–Crippen MR) is 75.9 cm³/mol. The molecule has 0 bridgehead atoms. The molecule has 0 aliphatic carbocycles. The lowest BCUT2D eigenvalue weighted by molar-refractivity contribution is -0.139. The Bertz CT molecular complexity index is 553. The molecule has 1 aromatic heterocycles. The van der Waals surface area contributed by atoms with Gasteiger partial charge in [-0.25, -0.2) is 9.78 Å².